The number of halogens is 1. The molecule has 0 radical (unpaired) electrons. The van der Waals surface area contributed by atoms with E-state index >= 15 is 0 Å². The zero-order valence-electron chi connectivity index (χ0n) is 30.5. The third kappa shape index (κ3) is 13.8. The third-order valence-electron chi connectivity index (χ3n) is 8.70. The minimum absolute atomic E-state index is 0.0377. The van der Waals surface area contributed by atoms with Gasteiger partial charge in [-0.05, 0) is 125 Å². The lowest BCUT2D eigenvalue weighted by Gasteiger charge is -2.50. The lowest BCUT2D eigenvalue weighted by atomic mass is 9.79. The zero-order chi connectivity index (χ0) is 33.9. The predicted molar refractivity (Wildman–Crippen MR) is 194 cm³/mol. The molecule has 0 amide bonds. The van der Waals surface area contributed by atoms with Crippen molar-refractivity contribution in [2.45, 2.75) is 161 Å². The number of aromatic nitrogens is 3. The van der Waals surface area contributed by atoms with Crippen molar-refractivity contribution in [1.29, 1.82) is 0 Å². The van der Waals surface area contributed by atoms with Crippen LogP contribution in [-0.2, 0) is 0 Å². The molecule has 0 saturated carbocycles. The van der Waals surface area contributed by atoms with E-state index in [0.29, 0.717) is 23.9 Å². The molecule has 45 heavy (non-hydrogen) atoms. The molecule has 7 N–H and O–H groups in total. The van der Waals surface area contributed by atoms with E-state index < -0.39 is 0 Å². The Labute approximate surface area is 281 Å². The lowest BCUT2D eigenvalue weighted by Crippen LogP contribution is -2.63. The zero-order valence-corrected chi connectivity index (χ0v) is 31.3. The Kier molecular flexibility index (Phi) is 15.7. The van der Waals surface area contributed by atoms with Gasteiger partial charge in [-0.1, -0.05) is 26.7 Å². The molecule has 2 fully saturated rings. The van der Waals surface area contributed by atoms with Crippen molar-refractivity contribution in [2.24, 2.45) is 11.5 Å². The molecule has 0 aromatic carbocycles. The Balaban J connectivity index is 0.000000777. The molecule has 3 rings (SSSR count). The molecule has 0 unspecified atom stereocenters. The van der Waals surface area contributed by atoms with E-state index in [2.05, 4.69) is 95.0 Å². The van der Waals surface area contributed by atoms with Gasteiger partial charge in [-0.2, -0.15) is 15.0 Å². The van der Waals surface area contributed by atoms with Crippen LogP contribution in [0.2, 0.25) is 5.28 Å². The van der Waals surface area contributed by atoms with E-state index in [9.17, 15) is 0 Å². The number of nitrogens with zero attached hydrogens (tertiary/aromatic N) is 5. The van der Waals surface area contributed by atoms with Gasteiger partial charge in [0.25, 0.3) is 0 Å². The fraction of sp³-hybridized carbons (Fsp3) is 0.912. The van der Waals surface area contributed by atoms with Crippen molar-refractivity contribution in [3.8, 4) is 0 Å². The van der Waals surface area contributed by atoms with E-state index in [4.69, 9.17) is 38.0 Å². The minimum atomic E-state index is 0.0377. The summed E-state index contributed by atoms with van der Waals surface area (Å²) in [4.78, 5) is 19.5. The second-order valence-electron chi connectivity index (χ2n) is 15.9. The molecule has 2 saturated heterocycles. The van der Waals surface area contributed by atoms with Crippen LogP contribution in [0.3, 0.4) is 0 Å². The molecule has 0 aliphatic carbocycles. The summed E-state index contributed by atoms with van der Waals surface area (Å²) in [6.45, 7) is 28.1. The first-order valence-corrected chi connectivity index (χ1v) is 18.0. The molecule has 0 spiro atoms. The maximum absolute atomic E-state index is 6.67. The Morgan fingerprint density at radius 2 is 1.07 bits per heavy atom. The Hall–Kier alpha value is -1.30. The average molecular weight is 653 g/mol. The average Bonchev–Trinajstić information content (AvgIpc) is 2.88. The quantitative estimate of drug-likeness (QED) is 0.160. The highest BCUT2D eigenvalue weighted by atomic mass is 35.5. The van der Waals surface area contributed by atoms with E-state index in [1.165, 1.54) is 0 Å². The molecule has 2 aliphatic heterocycles. The predicted octanol–water partition coefficient (Wildman–Crippen LogP) is 5.24. The highest BCUT2D eigenvalue weighted by Crippen LogP contribution is 2.36. The second kappa shape index (κ2) is 17.7. The van der Waals surface area contributed by atoms with Gasteiger partial charge < -0.3 is 37.2 Å². The monoisotopic (exact) mass is 653 g/mol. The number of unbranched alkanes of at least 4 members (excludes halogenated alkanes) is 2. The van der Waals surface area contributed by atoms with Crippen molar-refractivity contribution in [3.63, 3.8) is 0 Å². The van der Waals surface area contributed by atoms with Crippen molar-refractivity contribution < 1.29 is 0 Å². The number of nitrogens with one attached hydrogen (secondary N) is 3. The number of anilines is 2. The summed E-state index contributed by atoms with van der Waals surface area (Å²) < 4.78 is 0. The van der Waals surface area contributed by atoms with Crippen LogP contribution in [0.1, 0.15) is 127 Å². The summed E-state index contributed by atoms with van der Waals surface area (Å²) in [7, 11) is 0. The Morgan fingerprint density at radius 3 is 1.40 bits per heavy atom. The summed E-state index contributed by atoms with van der Waals surface area (Å²) in [5.41, 5.74) is 10.6. The fourth-order valence-electron chi connectivity index (χ4n) is 7.57. The van der Waals surface area contributed by atoms with Gasteiger partial charge in [0.1, 0.15) is 0 Å². The lowest BCUT2D eigenvalue weighted by molar-refractivity contribution is 0.157. The minimum Gasteiger partial charge on any atom is -0.338 e. The van der Waals surface area contributed by atoms with Crippen LogP contribution in [0.15, 0.2) is 0 Å². The largest absolute Gasteiger partial charge is 0.338 e. The number of piperidine rings is 2. The normalized spacial score (nSPS) is 20.7. The van der Waals surface area contributed by atoms with Crippen molar-refractivity contribution in [3.05, 3.63) is 5.28 Å². The first-order chi connectivity index (χ1) is 21.0. The van der Waals surface area contributed by atoms with Crippen LogP contribution < -0.4 is 37.2 Å². The van der Waals surface area contributed by atoms with E-state index in [1.54, 1.807) is 0 Å². The summed E-state index contributed by atoms with van der Waals surface area (Å²) >= 11 is 6.67. The summed E-state index contributed by atoms with van der Waals surface area (Å²) in [5, 5.41) is 11.1. The molecular formula is C34H69ClN10. The number of hydrogen-bond acceptors (Lipinski definition) is 10. The van der Waals surface area contributed by atoms with E-state index in [-0.39, 0.29) is 22.2 Å². The Morgan fingerprint density at radius 1 is 0.667 bits per heavy atom. The topological polar surface area (TPSA) is 133 Å². The molecule has 0 bridgehead atoms. The van der Waals surface area contributed by atoms with Gasteiger partial charge in [-0.3, -0.25) is 0 Å². The fourth-order valence-corrected chi connectivity index (χ4v) is 7.72. The molecule has 2 aliphatic rings. The highest BCUT2D eigenvalue weighted by Gasteiger charge is 2.42. The number of nitrogens with two attached hydrogens (primary N) is 2. The molecule has 262 valence electrons. The summed E-state index contributed by atoms with van der Waals surface area (Å²) in [6, 6.07) is 0.676. The molecule has 1 aromatic heterocycles. The first kappa shape index (κ1) is 39.9. The second-order valence-corrected chi connectivity index (χ2v) is 16.2. The van der Waals surface area contributed by atoms with Gasteiger partial charge in [-0.15, -0.1) is 0 Å². The summed E-state index contributed by atoms with van der Waals surface area (Å²) in [6.07, 6.45) is 9.64. The molecule has 10 nitrogen and oxygen atoms in total. The molecule has 1 aromatic rings. The van der Waals surface area contributed by atoms with E-state index in [1.807, 2.05) is 0 Å². The third-order valence-corrected chi connectivity index (χ3v) is 8.87. The van der Waals surface area contributed by atoms with E-state index in [0.717, 1.165) is 102 Å². The van der Waals surface area contributed by atoms with Crippen LogP contribution >= 0.6 is 11.6 Å². The molecule has 11 heteroatoms. The van der Waals surface area contributed by atoms with Crippen LogP contribution in [0.4, 0.5) is 11.9 Å². The maximum Gasteiger partial charge on any atom is 0.231 e. The number of rotatable bonds is 15. The first-order valence-electron chi connectivity index (χ1n) is 17.6. The maximum atomic E-state index is 6.67. The van der Waals surface area contributed by atoms with Crippen molar-refractivity contribution in [2.75, 3.05) is 49.1 Å². The standard InChI is InChI=1S/C29H54ClN7.C5H15N3/c1-11-13-15-36(21-17-26(3,4)34-27(5,6)18-21)24-31-23(30)32-25(33-24)37(16-14-12-2)22-19-28(7,8)35-29(9,10)20-22;6-2-1-4-8-5-3-7/h21-22,34-35H,11-20H2,1-10H3;8H,1-7H2. The molecule has 3 heterocycles. The Bertz CT molecular complexity index is 893. The molecular weight excluding hydrogens is 584 g/mol. The van der Waals surface area contributed by atoms with Gasteiger partial charge in [0.2, 0.25) is 17.2 Å². The number of hydrogen-bond donors (Lipinski definition) is 5. The smallest absolute Gasteiger partial charge is 0.231 e. The van der Waals surface area contributed by atoms with Gasteiger partial charge >= 0.3 is 0 Å². The summed E-state index contributed by atoms with van der Waals surface area (Å²) in [5.74, 6) is 1.46. The van der Waals surface area contributed by atoms with Crippen LogP contribution in [0.25, 0.3) is 0 Å². The van der Waals surface area contributed by atoms with Crippen LogP contribution in [0.5, 0.6) is 0 Å². The van der Waals surface area contributed by atoms with Crippen molar-refractivity contribution in [1.82, 2.24) is 30.9 Å². The van der Waals surface area contributed by atoms with Gasteiger partial charge in [-0.25, -0.2) is 0 Å². The van der Waals surface area contributed by atoms with Crippen LogP contribution in [0, 0.1) is 0 Å². The molecule has 0 atom stereocenters. The highest BCUT2D eigenvalue weighted by molar-refractivity contribution is 6.28. The SMILES string of the molecule is CCCCN(c1nc(Cl)nc(N(CCCC)C2CC(C)(C)NC(C)(C)C2)n1)C1CC(C)(C)NC(C)(C)C1.NCCCNCCN. The van der Waals surface area contributed by atoms with Crippen molar-refractivity contribution >= 4 is 23.5 Å². The van der Waals surface area contributed by atoms with Gasteiger partial charge in [0.05, 0.1) is 0 Å². The van der Waals surface area contributed by atoms with Gasteiger partial charge in [0.15, 0.2) is 0 Å². The van der Waals surface area contributed by atoms with Crippen LogP contribution in [-0.4, -0.2) is 88.5 Å². The van der Waals surface area contributed by atoms with Gasteiger partial charge in [0, 0.05) is 60.4 Å².